The Morgan fingerprint density at radius 1 is 1.22 bits per heavy atom. The number of nitrogens with zero attached hydrogens (tertiary/aromatic N) is 1. The lowest BCUT2D eigenvalue weighted by Crippen LogP contribution is -2.71. The number of rotatable bonds is 5. The SMILES string of the molecule is N#C/C(=C/[NH2+]c1ccc(C(=O)O)cc1)C(=N)c1ccccc1Cl. The molecule has 114 valence electrons. The first-order valence-electron chi connectivity index (χ1n) is 6.65. The molecule has 0 aliphatic rings. The zero-order chi connectivity index (χ0) is 16.8. The van der Waals surface area contributed by atoms with Crippen LogP contribution in [0.25, 0.3) is 0 Å². The van der Waals surface area contributed by atoms with Gasteiger partial charge in [-0.1, -0.05) is 29.8 Å². The highest BCUT2D eigenvalue weighted by atomic mass is 35.5. The Kier molecular flexibility index (Phi) is 5.26. The molecule has 0 fully saturated rings. The zero-order valence-corrected chi connectivity index (χ0v) is 12.7. The summed E-state index contributed by atoms with van der Waals surface area (Å²) in [4.78, 5) is 10.8. The molecule has 0 amide bonds. The smallest absolute Gasteiger partial charge is 0.335 e. The Morgan fingerprint density at radius 3 is 2.43 bits per heavy atom. The molecule has 0 bridgehead atoms. The molecule has 0 unspecified atom stereocenters. The second-order valence-electron chi connectivity index (χ2n) is 4.64. The van der Waals surface area contributed by atoms with Crippen molar-refractivity contribution in [3.05, 3.63) is 76.5 Å². The van der Waals surface area contributed by atoms with Crippen LogP contribution in [0.15, 0.2) is 60.3 Å². The van der Waals surface area contributed by atoms with Crippen LogP contribution in [-0.2, 0) is 0 Å². The summed E-state index contributed by atoms with van der Waals surface area (Å²) in [7, 11) is 0. The largest absolute Gasteiger partial charge is 0.478 e. The summed E-state index contributed by atoms with van der Waals surface area (Å²) in [5.74, 6) is -0.995. The minimum atomic E-state index is -0.995. The molecule has 0 aliphatic heterocycles. The number of carbonyl (C=O) groups is 1. The highest BCUT2D eigenvalue weighted by molar-refractivity contribution is 6.35. The summed E-state index contributed by atoms with van der Waals surface area (Å²) < 4.78 is 0. The van der Waals surface area contributed by atoms with E-state index in [1.54, 1.807) is 41.7 Å². The van der Waals surface area contributed by atoms with Gasteiger partial charge in [0.05, 0.1) is 11.3 Å². The molecular formula is C17H13ClN3O2+. The van der Waals surface area contributed by atoms with Crippen molar-refractivity contribution < 1.29 is 15.2 Å². The summed E-state index contributed by atoms with van der Waals surface area (Å²) in [6.07, 6.45) is 1.52. The molecule has 2 rings (SSSR count). The predicted molar refractivity (Wildman–Crippen MR) is 87.0 cm³/mol. The van der Waals surface area contributed by atoms with Gasteiger partial charge in [-0.25, -0.2) is 4.79 Å². The highest BCUT2D eigenvalue weighted by Gasteiger charge is 2.12. The number of halogens is 1. The fourth-order valence-electron chi connectivity index (χ4n) is 1.90. The van der Waals surface area contributed by atoms with Gasteiger partial charge < -0.3 is 5.11 Å². The molecule has 0 spiro atoms. The van der Waals surface area contributed by atoms with Crippen LogP contribution < -0.4 is 5.32 Å². The van der Waals surface area contributed by atoms with Crippen molar-refractivity contribution in [3.63, 3.8) is 0 Å². The number of allylic oxidation sites excluding steroid dienone is 1. The first kappa shape index (κ1) is 16.4. The highest BCUT2D eigenvalue weighted by Crippen LogP contribution is 2.18. The van der Waals surface area contributed by atoms with Crippen molar-refractivity contribution in [1.82, 2.24) is 0 Å². The van der Waals surface area contributed by atoms with Crippen molar-refractivity contribution in [1.29, 1.82) is 10.7 Å². The lowest BCUT2D eigenvalue weighted by atomic mass is 10.0. The average Bonchev–Trinajstić information content (AvgIpc) is 2.56. The molecule has 2 aromatic rings. The molecule has 0 atom stereocenters. The molecule has 0 aliphatic carbocycles. The first-order valence-corrected chi connectivity index (χ1v) is 7.03. The fourth-order valence-corrected chi connectivity index (χ4v) is 2.13. The van der Waals surface area contributed by atoms with Gasteiger partial charge >= 0.3 is 5.97 Å². The molecule has 0 radical (unpaired) electrons. The third-order valence-electron chi connectivity index (χ3n) is 3.13. The molecule has 4 N–H and O–H groups in total. The maximum Gasteiger partial charge on any atom is 0.335 e. The van der Waals surface area contributed by atoms with E-state index in [0.29, 0.717) is 10.6 Å². The number of hydrogen-bond donors (Lipinski definition) is 3. The number of nitrogens with one attached hydrogen (secondary N) is 1. The van der Waals surface area contributed by atoms with Gasteiger partial charge in [0.1, 0.15) is 23.5 Å². The van der Waals surface area contributed by atoms with Gasteiger partial charge in [0.25, 0.3) is 0 Å². The second-order valence-corrected chi connectivity index (χ2v) is 5.05. The maximum atomic E-state index is 10.8. The summed E-state index contributed by atoms with van der Waals surface area (Å²) in [5.41, 5.74) is 1.61. The van der Waals surface area contributed by atoms with E-state index >= 15 is 0 Å². The van der Waals surface area contributed by atoms with Crippen LogP contribution in [0.5, 0.6) is 0 Å². The van der Waals surface area contributed by atoms with Crippen LogP contribution in [0.2, 0.25) is 5.02 Å². The van der Waals surface area contributed by atoms with Crippen LogP contribution in [0.3, 0.4) is 0 Å². The Morgan fingerprint density at radius 2 is 1.87 bits per heavy atom. The number of carboxylic acid groups (broad SMARTS) is 1. The van der Waals surface area contributed by atoms with E-state index in [2.05, 4.69) is 0 Å². The number of benzene rings is 2. The first-order chi connectivity index (χ1) is 11.0. The van der Waals surface area contributed by atoms with Crippen LogP contribution >= 0.6 is 11.6 Å². The van der Waals surface area contributed by atoms with E-state index in [0.717, 1.165) is 5.69 Å². The van der Waals surface area contributed by atoms with Gasteiger partial charge in [-0.05, 0) is 18.2 Å². The van der Waals surface area contributed by atoms with Gasteiger partial charge in [-0.2, -0.15) is 5.26 Å². The van der Waals surface area contributed by atoms with E-state index in [1.807, 2.05) is 6.07 Å². The Hall–Kier alpha value is -2.94. The number of nitrogens with two attached hydrogens (primary N) is 1. The van der Waals surface area contributed by atoms with Crippen molar-refractivity contribution >= 4 is 29.0 Å². The molecular weight excluding hydrogens is 314 g/mol. The van der Waals surface area contributed by atoms with Gasteiger partial charge in [-0.15, -0.1) is 0 Å². The van der Waals surface area contributed by atoms with E-state index in [4.69, 9.17) is 22.1 Å². The number of nitriles is 1. The normalized spacial score (nSPS) is 10.9. The second kappa shape index (κ2) is 7.36. The number of quaternary nitrogens is 1. The lowest BCUT2D eigenvalue weighted by Gasteiger charge is -2.04. The molecule has 23 heavy (non-hydrogen) atoms. The Balaban J connectivity index is 2.19. The maximum absolute atomic E-state index is 10.8. The van der Waals surface area contributed by atoms with Gasteiger partial charge in [0.15, 0.2) is 0 Å². The minimum Gasteiger partial charge on any atom is -0.478 e. The van der Waals surface area contributed by atoms with Crippen LogP contribution in [-0.4, -0.2) is 16.8 Å². The van der Waals surface area contributed by atoms with E-state index in [9.17, 15) is 10.1 Å². The molecule has 0 heterocycles. The third kappa shape index (κ3) is 4.04. The zero-order valence-electron chi connectivity index (χ0n) is 12.0. The van der Waals surface area contributed by atoms with Crippen molar-refractivity contribution in [2.45, 2.75) is 0 Å². The van der Waals surface area contributed by atoms with E-state index in [-0.39, 0.29) is 16.8 Å². The summed E-state index contributed by atoms with van der Waals surface area (Å²) in [6.45, 7) is 0. The summed E-state index contributed by atoms with van der Waals surface area (Å²) >= 11 is 6.04. The molecule has 0 aromatic heterocycles. The monoisotopic (exact) mass is 326 g/mol. The average molecular weight is 327 g/mol. The topological polar surface area (TPSA) is 102 Å². The van der Waals surface area contributed by atoms with E-state index in [1.165, 1.54) is 18.3 Å². The van der Waals surface area contributed by atoms with Crippen LogP contribution in [0, 0.1) is 16.7 Å². The molecule has 2 aromatic carbocycles. The standard InChI is InChI=1S/C17H12ClN3O2/c18-15-4-2-1-3-14(15)16(20)12(9-19)10-21-13-7-5-11(6-8-13)17(22)23/h1-8,10,20-21H,(H,22,23)/p+1/b12-10-,20-16?. The van der Waals surface area contributed by atoms with Gasteiger partial charge in [-0.3, -0.25) is 10.7 Å². The van der Waals surface area contributed by atoms with Crippen molar-refractivity contribution in [2.75, 3.05) is 0 Å². The quantitative estimate of drug-likeness (QED) is 0.447. The molecule has 0 saturated heterocycles. The molecule has 6 heteroatoms. The minimum absolute atomic E-state index is 0.0384. The summed E-state index contributed by atoms with van der Waals surface area (Å²) in [5, 5.41) is 28.3. The van der Waals surface area contributed by atoms with Crippen molar-refractivity contribution in [3.8, 4) is 6.07 Å². The molecule has 0 saturated carbocycles. The summed E-state index contributed by atoms with van der Waals surface area (Å²) in [6, 6.07) is 15.0. The fraction of sp³-hybridized carbons (Fsp3) is 0. The number of carboxylic acids is 1. The predicted octanol–water partition coefficient (Wildman–Crippen LogP) is 2.71. The van der Waals surface area contributed by atoms with Crippen LogP contribution in [0.1, 0.15) is 15.9 Å². The van der Waals surface area contributed by atoms with Crippen molar-refractivity contribution in [2.24, 2.45) is 0 Å². The molecule has 5 nitrogen and oxygen atoms in total. The van der Waals surface area contributed by atoms with Gasteiger partial charge in [0.2, 0.25) is 0 Å². The Bertz CT molecular complexity index is 820. The number of aromatic carboxylic acids is 1. The Labute approximate surface area is 138 Å². The van der Waals surface area contributed by atoms with E-state index < -0.39 is 5.97 Å². The lowest BCUT2D eigenvalue weighted by molar-refractivity contribution is -0.496. The third-order valence-corrected chi connectivity index (χ3v) is 3.46. The van der Waals surface area contributed by atoms with Gasteiger partial charge in [0, 0.05) is 22.7 Å². The van der Waals surface area contributed by atoms with Crippen LogP contribution in [0.4, 0.5) is 5.69 Å². The number of hydrogen-bond acceptors (Lipinski definition) is 3.